The molecule has 0 aromatic heterocycles. The molecular formula is C11H18O4Si. The zero-order chi connectivity index (χ0) is 11.9. The molecule has 0 bridgehead atoms. The van der Waals surface area contributed by atoms with Crippen molar-refractivity contribution in [2.45, 2.75) is 6.92 Å². The van der Waals surface area contributed by atoms with E-state index in [-0.39, 0.29) is 6.79 Å². The lowest BCUT2D eigenvalue weighted by Crippen LogP contribution is -2.55. The number of rotatable bonds is 7. The zero-order valence-corrected chi connectivity index (χ0v) is 10.9. The largest absolute Gasteiger partial charge is 0.538 e. The molecule has 1 aromatic rings. The molecule has 90 valence electrons. The smallest absolute Gasteiger partial charge is 0.373 e. The molecule has 0 spiro atoms. The summed E-state index contributed by atoms with van der Waals surface area (Å²) in [7, 11) is 0.402. The van der Waals surface area contributed by atoms with Crippen molar-refractivity contribution in [1.82, 2.24) is 0 Å². The van der Waals surface area contributed by atoms with Crippen LogP contribution in [0.15, 0.2) is 30.3 Å². The van der Waals surface area contributed by atoms with Gasteiger partial charge in [0.1, 0.15) is 6.79 Å². The van der Waals surface area contributed by atoms with Crippen LogP contribution in [-0.4, -0.2) is 36.4 Å². The number of benzene rings is 1. The molecule has 1 aromatic carbocycles. The molecule has 0 aliphatic rings. The van der Waals surface area contributed by atoms with E-state index in [0.29, 0.717) is 6.61 Å². The van der Waals surface area contributed by atoms with Crippen molar-refractivity contribution in [3.05, 3.63) is 30.3 Å². The van der Waals surface area contributed by atoms with Crippen LogP contribution in [0.25, 0.3) is 0 Å². The van der Waals surface area contributed by atoms with Crippen molar-refractivity contribution in [1.29, 1.82) is 0 Å². The van der Waals surface area contributed by atoms with Crippen molar-refractivity contribution in [3.63, 3.8) is 0 Å². The predicted octanol–water partition coefficient (Wildman–Crippen LogP) is 1.14. The van der Waals surface area contributed by atoms with Gasteiger partial charge >= 0.3 is 8.80 Å². The SMILES string of the molecule is CCOCO[Si](OC)(OC)c1ccccc1. The first-order chi connectivity index (χ1) is 7.79. The Morgan fingerprint density at radius 1 is 1.06 bits per heavy atom. The normalized spacial score (nSPS) is 11.7. The Labute approximate surface area is 97.5 Å². The average Bonchev–Trinajstić information content (AvgIpc) is 2.36. The lowest BCUT2D eigenvalue weighted by atomic mass is 10.4. The predicted molar refractivity (Wildman–Crippen MR) is 63.4 cm³/mol. The Hall–Kier alpha value is -0.723. The van der Waals surface area contributed by atoms with Gasteiger partial charge in [-0.1, -0.05) is 30.3 Å². The minimum Gasteiger partial charge on any atom is -0.373 e. The highest BCUT2D eigenvalue weighted by molar-refractivity contribution is 6.75. The van der Waals surface area contributed by atoms with Gasteiger partial charge in [-0.3, -0.25) is 0 Å². The van der Waals surface area contributed by atoms with E-state index < -0.39 is 8.80 Å². The van der Waals surface area contributed by atoms with Crippen LogP contribution < -0.4 is 5.19 Å². The molecule has 0 N–H and O–H groups in total. The standard InChI is InChI=1S/C11H18O4Si/c1-4-14-10-15-16(12-2,13-3)11-8-6-5-7-9-11/h5-9H,4,10H2,1-3H3. The molecule has 0 heterocycles. The van der Waals surface area contributed by atoms with Gasteiger partial charge in [0, 0.05) is 26.0 Å². The van der Waals surface area contributed by atoms with Crippen LogP contribution in [0.3, 0.4) is 0 Å². The third kappa shape index (κ3) is 3.13. The molecule has 0 saturated carbocycles. The van der Waals surface area contributed by atoms with E-state index in [4.69, 9.17) is 18.0 Å². The molecule has 4 nitrogen and oxygen atoms in total. The van der Waals surface area contributed by atoms with Crippen LogP contribution in [0.4, 0.5) is 0 Å². The fraction of sp³-hybridized carbons (Fsp3) is 0.455. The van der Waals surface area contributed by atoms with Gasteiger partial charge in [0.25, 0.3) is 0 Å². The first-order valence-corrected chi connectivity index (χ1v) is 6.89. The van der Waals surface area contributed by atoms with Crippen molar-refractivity contribution in [2.75, 3.05) is 27.6 Å². The summed E-state index contributed by atoms with van der Waals surface area (Å²) in [6.45, 7) is 2.70. The van der Waals surface area contributed by atoms with Crippen molar-refractivity contribution < 1.29 is 18.0 Å². The van der Waals surface area contributed by atoms with Gasteiger partial charge < -0.3 is 18.0 Å². The maximum atomic E-state index is 5.63. The highest BCUT2D eigenvalue weighted by atomic mass is 28.4. The van der Waals surface area contributed by atoms with E-state index in [0.717, 1.165) is 5.19 Å². The maximum Gasteiger partial charge on any atom is 0.538 e. The van der Waals surface area contributed by atoms with Gasteiger partial charge in [-0.15, -0.1) is 0 Å². The third-order valence-corrected chi connectivity index (χ3v) is 4.81. The summed E-state index contributed by atoms with van der Waals surface area (Å²) in [5.74, 6) is 0. The van der Waals surface area contributed by atoms with Crippen LogP contribution >= 0.6 is 0 Å². The fourth-order valence-electron chi connectivity index (χ4n) is 1.37. The average molecular weight is 242 g/mol. The van der Waals surface area contributed by atoms with Gasteiger partial charge in [0.2, 0.25) is 0 Å². The fourth-order valence-corrected chi connectivity index (χ4v) is 3.24. The molecule has 1 rings (SSSR count). The molecule has 0 fully saturated rings. The van der Waals surface area contributed by atoms with E-state index >= 15 is 0 Å². The highest BCUT2D eigenvalue weighted by Gasteiger charge is 2.41. The summed E-state index contributed by atoms with van der Waals surface area (Å²) in [6.07, 6.45) is 0. The Morgan fingerprint density at radius 3 is 2.19 bits per heavy atom. The Bertz CT molecular complexity index is 287. The molecule has 0 amide bonds. The monoisotopic (exact) mass is 242 g/mol. The second kappa shape index (κ2) is 6.77. The summed E-state index contributed by atoms with van der Waals surface area (Å²) in [5, 5.41) is 0.930. The van der Waals surface area contributed by atoms with Crippen LogP contribution in [0.5, 0.6) is 0 Å². The minimum absolute atomic E-state index is 0.180. The molecule has 0 unspecified atom stereocenters. The van der Waals surface area contributed by atoms with E-state index in [9.17, 15) is 0 Å². The van der Waals surface area contributed by atoms with Crippen molar-refractivity contribution in [3.8, 4) is 0 Å². The first kappa shape index (κ1) is 13.3. The van der Waals surface area contributed by atoms with Crippen LogP contribution in [-0.2, 0) is 18.0 Å². The van der Waals surface area contributed by atoms with Crippen LogP contribution in [0.2, 0.25) is 0 Å². The quantitative estimate of drug-likeness (QED) is 0.408. The summed E-state index contributed by atoms with van der Waals surface area (Å²) in [5.41, 5.74) is 0. The highest BCUT2D eigenvalue weighted by Crippen LogP contribution is 2.08. The van der Waals surface area contributed by atoms with E-state index in [1.807, 2.05) is 37.3 Å². The molecule has 5 heteroatoms. The maximum absolute atomic E-state index is 5.63. The number of hydrogen-bond acceptors (Lipinski definition) is 4. The Balaban J connectivity index is 2.79. The van der Waals surface area contributed by atoms with Crippen molar-refractivity contribution in [2.24, 2.45) is 0 Å². The molecule has 0 aliphatic carbocycles. The molecule has 0 aliphatic heterocycles. The van der Waals surface area contributed by atoms with Crippen LogP contribution in [0, 0.1) is 0 Å². The van der Waals surface area contributed by atoms with E-state index in [1.54, 1.807) is 14.2 Å². The second-order valence-corrected chi connectivity index (χ2v) is 5.88. The van der Waals surface area contributed by atoms with Gasteiger partial charge in [-0.05, 0) is 6.92 Å². The van der Waals surface area contributed by atoms with Crippen LogP contribution in [0.1, 0.15) is 6.92 Å². The summed E-state index contributed by atoms with van der Waals surface area (Å²) >= 11 is 0. The lowest BCUT2D eigenvalue weighted by Gasteiger charge is -2.26. The molecule has 0 atom stereocenters. The summed E-state index contributed by atoms with van der Waals surface area (Å²) in [6, 6.07) is 9.67. The van der Waals surface area contributed by atoms with E-state index in [2.05, 4.69) is 0 Å². The topological polar surface area (TPSA) is 36.9 Å². The Morgan fingerprint density at radius 2 is 1.69 bits per heavy atom. The summed E-state index contributed by atoms with van der Waals surface area (Å²) in [4.78, 5) is 0. The molecule has 16 heavy (non-hydrogen) atoms. The molecule has 0 radical (unpaired) electrons. The zero-order valence-electron chi connectivity index (χ0n) is 9.93. The number of ether oxygens (including phenoxy) is 1. The second-order valence-electron chi connectivity index (χ2n) is 3.09. The Kier molecular flexibility index (Phi) is 5.65. The minimum atomic E-state index is -2.78. The van der Waals surface area contributed by atoms with Gasteiger partial charge in [-0.2, -0.15) is 0 Å². The summed E-state index contributed by atoms with van der Waals surface area (Å²) < 4.78 is 21.7. The van der Waals surface area contributed by atoms with Gasteiger partial charge in [-0.25, -0.2) is 0 Å². The molecular weight excluding hydrogens is 224 g/mol. The molecule has 0 saturated heterocycles. The lowest BCUT2D eigenvalue weighted by molar-refractivity contribution is -0.0223. The first-order valence-electron chi connectivity index (χ1n) is 5.16. The number of hydrogen-bond donors (Lipinski definition) is 0. The van der Waals surface area contributed by atoms with Gasteiger partial charge in [0.15, 0.2) is 0 Å². The third-order valence-electron chi connectivity index (χ3n) is 2.20. The van der Waals surface area contributed by atoms with Crippen molar-refractivity contribution >= 4 is 14.0 Å². The van der Waals surface area contributed by atoms with E-state index in [1.165, 1.54) is 0 Å². The van der Waals surface area contributed by atoms with Gasteiger partial charge in [0.05, 0.1) is 0 Å².